The van der Waals surface area contributed by atoms with Gasteiger partial charge in [-0.05, 0) is 25.5 Å². The SMILES string of the molecule is COC(=O)C1CCCN(Cc2ccn(C)n2)C1. The van der Waals surface area contributed by atoms with Gasteiger partial charge in [0.1, 0.15) is 0 Å². The Morgan fingerprint density at radius 2 is 2.47 bits per heavy atom. The molecule has 2 rings (SSSR count). The van der Waals surface area contributed by atoms with Crippen LogP contribution in [-0.4, -0.2) is 40.8 Å². The van der Waals surface area contributed by atoms with Crippen LogP contribution in [0.5, 0.6) is 0 Å². The predicted octanol–water partition coefficient (Wildman–Crippen LogP) is 0.805. The number of methoxy groups -OCH3 is 1. The molecule has 0 spiro atoms. The molecule has 1 saturated heterocycles. The predicted molar refractivity (Wildman–Crippen MR) is 63.2 cm³/mol. The largest absolute Gasteiger partial charge is 0.469 e. The van der Waals surface area contributed by atoms with Crippen molar-refractivity contribution in [1.29, 1.82) is 0 Å². The lowest BCUT2D eigenvalue weighted by Crippen LogP contribution is -2.38. The normalized spacial score (nSPS) is 21.4. The molecule has 0 N–H and O–H groups in total. The molecule has 1 atom stereocenters. The van der Waals surface area contributed by atoms with Gasteiger partial charge in [0.15, 0.2) is 0 Å². The topological polar surface area (TPSA) is 47.4 Å². The monoisotopic (exact) mass is 237 g/mol. The van der Waals surface area contributed by atoms with Gasteiger partial charge < -0.3 is 4.74 Å². The van der Waals surface area contributed by atoms with Crippen LogP contribution in [0, 0.1) is 5.92 Å². The summed E-state index contributed by atoms with van der Waals surface area (Å²) in [5, 5.41) is 4.35. The van der Waals surface area contributed by atoms with Crippen molar-refractivity contribution in [2.75, 3.05) is 20.2 Å². The minimum absolute atomic E-state index is 0.0254. The third-order valence-electron chi connectivity index (χ3n) is 3.19. The zero-order chi connectivity index (χ0) is 12.3. The van der Waals surface area contributed by atoms with E-state index in [0.717, 1.165) is 38.2 Å². The zero-order valence-electron chi connectivity index (χ0n) is 10.4. The molecule has 17 heavy (non-hydrogen) atoms. The second-order valence-electron chi connectivity index (χ2n) is 4.58. The van der Waals surface area contributed by atoms with Gasteiger partial charge in [0.25, 0.3) is 0 Å². The zero-order valence-corrected chi connectivity index (χ0v) is 10.4. The number of esters is 1. The minimum Gasteiger partial charge on any atom is -0.469 e. The van der Waals surface area contributed by atoms with Gasteiger partial charge in [-0.2, -0.15) is 5.10 Å². The summed E-state index contributed by atoms with van der Waals surface area (Å²) in [5.74, 6) is -0.0619. The first-order valence-corrected chi connectivity index (χ1v) is 5.97. The number of nitrogens with zero attached hydrogens (tertiary/aromatic N) is 3. The third kappa shape index (κ3) is 3.06. The van der Waals surface area contributed by atoms with E-state index >= 15 is 0 Å². The fourth-order valence-corrected chi connectivity index (χ4v) is 2.33. The molecule has 5 heteroatoms. The summed E-state index contributed by atoms with van der Waals surface area (Å²) in [7, 11) is 3.37. The van der Waals surface area contributed by atoms with Crippen molar-refractivity contribution in [2.24, 2.45) is 13.0 Å². The molecule has 0 aliphatic carbocycles. The van der Waals surface area contributed by atoms with E-state index < -0.39 is 0 Å². The maximum absolute atomic E-state index is 11.5. The van der Waals surface area contributed by atoms with Crippen LogP contribution >= 0.6 is 0 Å². The Kier molecular flexibility index (Phi) is 3.78. The van der Waals surface area contributed by atoms with Crippen molar-refractivity contribution < 1.29 is 9.53 Å². The van der Waals surface area contributed by atoms with Gasteiger partial charge >= 0.3 is 5.97 Å². The number of carbonyl (C=O) groups is 1. The highest BCUT2D eigenvalue weighted by molar-refractivity contribution is 5.72. The van der Waals surface area contributed by atoms with E-state index in [1.54, 1.807) is 4.68 Å². The van der Waals surface area contributed by atoms with E-state index in [2.05, 4.69) is 10.00 Å². The summed E-state index contributed by atoms with van der Waals surface area (Å²) in [6.45, 7) is 2.63. The Balaban J connectivity index is 1.91. The van der Waals surface area contributed by atoms with Crippen LogP contribution in [0.15, 0.2) is 12.3 Å². The Morgan fingerprint density at radius 1 is 1.65 bits per heavy atom. The fourth-order valence-electron chi connectivity index (χ4n) is 2.33. The molecule has 1 aliphatic heterocycles. The Bertz CT molecular complexity index is 389. The Labute approximate surface area is 101 Å². The van der Waals surface area contributed by atoms with Crippen LogP contribution in [0.2, 0.25) is 0 Å². The average Bonchev–Trinajstić information content (AvgIpc) is 2.74. The van der Waals surface area contributed by atoms with E-state index in [4.69, 9.17) is 4.74 Å². The molecule has 1 fully saturated rings. The first-order valence-electron chi connectivity index (χ1n) is 5.97. The fraction of sp³-hybridized carbons (Fsp3) is 0.667. The van der Waals surface area contributed by atoms with E-state index in [1.807, 2.05) is 19.3 Å². The summed E-state index contributed by atoms with van der Waals surface area (Å²) < 4.78 is 6.61. The van der Waals surface area contributed by atoms with Gasteiger partial charge in [-0.3, -0.25) is 14.4 Å². The van der Waals surface area contributed by atoms with E-state index in [9.17, 15) is 4.79 Å². The van der Waals surface area contributed by atoms with Crippen molar-refractivity contribution in [3.63, 3.8) is 0 Å². The molecule has 2 heterocycles. The Hall–Kier alpha value is -1.36. The van der Waals surface area contributed by atoms with E-state index in [-0.39, 0.29) is 11.9 Å². The van der Waals surface area contributed by atoms with Crippen LogP contribution < -0.4 is 0 Å². The molecule has 1 aromatic heterocycles. The second kappa shape index (κ2) is 5.31. The molecule has 0 aromatic carbocycles. The van der Waals surface area contributed by atoms with Crippen molar-refractivity contribution in [1.82, 2.24) is 14.7 Å². The quantitative estimate of drug-likeness (QED) is 0.730. The number of carbonyl (C=O) groups excluding carboxylic acids is 1. The molecule has 5 nitrogen and oxygen atoms in total. The molecule has 0 bridgehead atoms. The number of aromatic nitrogens is 2. The summed E-state index contributed by atoms with van der Waals surface area (Å²) in [6.07, 6.45) is 3.93. The highest BCUT2D eigenvalue weighted by Crippen LogP contribution is 2.19. The van der Waals surface area contributed by atoms with Gasteiger partial charge in [-0.25, -0.2) is 0 Å². The van der Waals surface area contributed by atoms with Gasteiger partial charge in [0.05, 0.1) is 18.7 Å². The van der Waals surface area contributed by atoms with Crippen molar-refractivity contribution in [3.05, 3.63) is 18.0 Å². The van der Waals surface area contributed by atoms with Crippen LogP contribution in [0.25, 0.3) is 0 Å². The maximum Gasteiger partial charge on any atom is 0.309 e. The lowest BCUT2D eigenvalue weighted by atomic mass is 9.98. The summed E-state index contributed by atoms with van der Waals surface area (Å²) in [5.41, 5.74) is 1.05. The number of hydrogen-bond acceptors (Lipinski definition) is 4. The lowest BCUT2D eigenvalue weighted by molar-refractivity contribution is -0.147. The number of likely N-dealkylation sites (tertiary alicyclic amines) is 1. The van der Waals surface area contributed by atoms with Crippen LogP contribution in [0.1, 0.15) is 18.5 Å². The minimum atomic E-state index is -0.0873. The number of rotatable bonds is 3. The smallest absolute Gasteiger partial charge is 0.309 e. The number of ether oxygens (including phenoxy) is 1. The van der Waals surface area contributed by atoms with Gasteiger partial charge in [0.2, 0.25) is 0 Å². The molecule has 94 valence electrons. The number of aryl methyl sites for hydroxylation is 1. The third-order valence-corrected chi connectivity index (χ3v) is 3.19. The molecule has 0 amide bonds. The lowest BCUT2D eigenvalue weighted by Gasteiger charge is -2.30. The molecular weight excluding hydrogens is 218 g/mol. The molecular formula is C12H19N3O2. The maximum atomic E-state index is 11.5. The standard InChI is InChI=1S/C12H19N3O2/c1-14-7-5-11(13-14)9-15-6-3-4-10(8-15)12(16)17-2/h5,7,10H,3-4,6,8-9H2,1-2H3. The average molecular weight is 237 g/mol. The van der Waals surface area contributed by atoms with Crippen molar-refractivity contribution >= 4 is 5.97 Å². The summed E-state index contributed by atoms with van der Waals surface area (Å²) >= 11 is 0. The first-order chi connectivity index (χ1) is 8.19. The molecule has 1 aromatic rings. The highest BCUT2D eigenvalue weighted by Gasteiger charge is 2.26. The van der Waals surface area contributed by atoms with Gasteiger partial charge in [0, 0.05) is 26.3 Å². The van der Waals surface area contributed by atoms with Crippen molar-refractivity contribution in [3.8, 4) is 0 Å². The molecule has 0 saturated carbocycles. The second-order valence-corrected chi connectivity index (χ2v) is 4.58. The van der Waals surface area contributed by atoms with Gasteiger partial charge in [-0.15, -0.1) is 0 Å². The first kappa shape index (κ1) is 12.1. The molecule has 1 aliphatic rings. The van der Waals surface area contributed by atoms with Crippen LogP contribution in [-0.2, 0) is 23.1 Å². The van der Waals surface area contributed by atoms with E-state index in [1.165, 1.54) is 7.11 Å². The summed E-state index contributed by atoms with van der Waals surface area (Å²) in [6, 6.07) is 2.02. The number of piperidine rings is 1. The summed E-state index contributed by atoms with van der Waals surface area (Å²) in [4.78, 5) is 13.8. The van der Waals surface area contributed by atoms with E-state index in [0.29, 0.717) is 0 Å². The van der Waals surface area contributed by atoms with Gasteiger partial charge in [-0.1, -0.05) is 0 Å². The molecule has 0 radical (unpaired) electrons. The van der Waals surface area contributed by atoms with Crippen LogP contribution in [0.3, 0.4) is 0 Å². The molecule has 1 unspecified atom stereocenters. The van der Waals surface area contributed by atoms with Crippen LogP contribution in [0.4, 0.5) is 0 Å². The Morgan fingerprint density at radius 3 is 3.12 bits per heavy atom. The number of hydrogen-bond donors (Lipinski definition) is 0. The van der Waals surface area contributed by atoms with Crippen molar-refractivity contribution in [2.45, 2.75) is 19.4 Å². The highest BCUT2D eigenvalue weighted by atomic mass is 16.5.